The normalized spacial score (nSPS) is 15.9. The Morgan fingerprint density at radius 3 is 2.56 bits per heavy atom. The molecule has 0 bridgehead atoms. The summed E-state index contributed by atoms with van der Waals surface area (Å²) in [6.07, 6.45) is 0.180. The Balaban J connectivity index is 1.95. The van der Waals surface area contributed by atoms with Crippen LogP contribution in [0.15, 0.2) is 48.5 Å². The Morgan fingerprint density at radius 2 is 1.89 bits per heavy atom. The monoisotopic (exact) mass is 401 g/mol. The zero-order chi connectivity index (χ0) is 19.1. The van der Waals surface area contributed by atoms with Crippen molar-refractivity contribution in [1.29, 1.82) is 0 Å². The van der Waals surface area contributed by atoms with Crippen molar-refractivity contribution in [3.8, 4) is 11.1 Å². The summed E-state index contributed by atoms with van der Waals surface area (Å²) in [5, 5.41) is 13.0. The van der Waals surface area contributed by atoms with Gasteiger partial charge in [0.1, 0.15) is 10.7 Å². The van der Waals surface area contributed by atoms with Crippen molar-refractivity contribution in [2.45, 2.75) is 12.3 Å². The fourth-order valence-corrected chi connectivity index (χ4v) is 4.84. The molecule has 0 saturated heterocycles. The van der Waals surface area contributed by atoms with Gasteiger partial charge in [0.25, 0.3) is 0 Å². The summed E-state index contributed by atoms with van der Waals surface area (Å²) in [7, 11) is 0. The Kier molecular flexibility index (Phi) is 4.45. The smallest absolute Gasteiger partial charge is 0.346 e. The maximum atomic E-state index is 13.3. The van der Waals surface area contributed by atoms with Crippen molar-refractivity contribution in [2.75, 3.05) is 5.32 Å². The van der Waals surface area contributed by atoms with Crippen LogP contribution in [0.3, 0.4) is 0 Å². The van der Waals surface area contributed by atoms with E-state index in [1.807, 2.05) is 12.1 Å². The van der Waals surface area contributed by atoms with E-state index in [1.165, 1.54) is 24.3 Å². The summed E-state index contributed by atoms with van der Waals surface area (Å²) in [4.78, 5) is 25.1. The molecule has 0 saturated carbocycles. The molecule has 1 atom stereocenters. The summed E-state index contributed by atoms with van der Waals surface area (Å²) < 4.78 is 13.3. The molecule has 27 heavy (non-hydrogen) atoms. The Morgan fingerprint density at radius 1 is 1.19 bits per heavy atom. The van der Waals surface area contributed by atoms with E-state index in [4.69, 9.17) is 11.6 Å². The molecule has 4 rings (SSSR count). The van der Waals surface area contributed by atoms with Gasteiger partial charge < -0.3 is 10.4 Å². The maximum Gasteiger partial charge on any atom is 0.346 e. The highest BCUT2D eigenvalue weighted by Crippen LogP contribution is 2.50. The first kappa shape index (κ1) is 17.7. The predicted molar refractivity (Wildman–Crippen MR) is 103 cm³/mol. The number of hydrogen-bond acceptors (Lipinski definition) is 3. The number of amides is 1. The second kappa shape index (κ2) is 6.79. The molecule has 2 aromatic carbocycles. The average Bonchev–Trinajstić information content (AvgIpc) is 3.02. The van der Waals surface area contributed by atoms with E-state index in [1.54, 1.807) is 12.1 Å². The van der Waals surface area contributed by atoms with Gasteiger partial charge in [-0.05, 0) is 29.3 Å². The van der Waals surface area contributed by atoms with E-state index in [0.29, 0.717) is 21.8 Å². The molecule has 2 heterocycles. The maximum absolute atomic E-state index is 13.3. The van der Waals surface area contributed by atoms with Gasteiger partial charge in [-0.15, -0.1) is 11.3 Å². The van der Waals surface area contributed by atoms with Crippen molar-refractivity contribution in [3.05, 3.63) is 74.7 Å². The van der Waals surface area contributed by atoms with Crippen LogP contribution in [-0.2, 0) is 4.79 Å². The lowest BCUT2D eigenvalue weighted by Gasteiger charge is -2.24. The minimum absolute atomic E-state index is 0.103. The third-order valence-corrected chi connectivity index (χ3v) is 6.15. The molecule has 4 nitrogen and oxygen atoms in total. The number of carbonyl (C=O) groups excluding carboxylic acids is 1. The number of benzene rings is 2. The molecular weight excluding hydrogens is 389 g/mol. The highest BCUT2D eigenvalue weighted by Gasteiger charge is 2.35. The lowest BCUT2D eigenvalue weighted by atomic mass is 9.88. The van der Waals surface area contributed by atoms with Crippen LogP contribution in [0.5, 0.6) is 0 Å². The molecule has 2 N–H and O–H groups in total. The summed E-state index contributed by atoms with van der Waals surface area (Å²) in [5.74, 6) is -2.07. The van der Waals surface area contributed by atoms with Crippen LogP contribution in [0.25, 0.3) is 11.1 Å². The largest absolute Gasteiger partial charge is 0.477 e. The van der Waals surface area contributed by atoms with Crippen molar-refractivity contribution in [2.24, 2.45) is 0 Å². The van der Waals surface area contributed by atoms with Gasteiger partial charge in [0.05, 0.1) is 5.69 Å². The van der Waals surface area contributed by atoms with Crippen LogP contribution in [0.1, 0.15) is 32.5 Å². The minimum Gasteiger partial charge on any atom is -0.477 e. The molecule has 1 aromatic heterocycles. The molecule has 1 aliphatic rings. The van der Waals surface area contributed by atoms with E-state index in [-0.39, 0.29) is 23.1 Å². The summed E-state index contributed by atoms with van der Waals surface area (Å²) in [5.41, 5.74) is 2.17. The molecule has 1 aliphatic heterocycles. The average molecular weight is 402 g/mol. The van der Waals surface area contributed by atoms with Crippen molar-refractivity contribution in [3.63, 3.8) is 0 Å². The Labute approximate surface area is 163 Å². The number of thiophene rings is 1. The summed E-state index contributed by atoms with van der Waals surface area (Å²) in [6.45, 7) is 0. The van der Waals surface area contributed by atoms with Crippen LogP contribution >= 0.6 is 22.9 Å². The second-order valence-corrected chi connectivity index (χ2v) is 7.64. The number of rotatable bonds is 3. The first-order valence-corrected chi connectivity index (χ1v) is 9.35. The van der Waals surface area contributed by atoms with Crippen molar-refractivity contribution < 1.29 is 19.1 Å². The number of carboxylic acid groups (broad SMARTS) is 1. The number of halogens is 2. The second-order valence-electron chi connectivity index (χ2n) is 6.18. The minimum atomic E-state index is -1.10. The molecular formula is C20H13ClFNO3S. The predicted octanol–water partition coefficient (Wildman–Crippen LogP) is 5.38. The van der Waals surface area contributed by atoms with Crippen LogP contribution in [0, 0.1) is 5.82 Å². The number of carboxylic acids is 1. The Bertz CT molecular complexity index is 1060. The number of aromatic carboxylic acids is 1. The van der Waals surface area contributed by atoms with Gasteiger partial charge in [-0.25, -0.2) is 9.18 Å². The summed E-state index contributed by atoms with van der Waals surface area (Å²) in [6, 6.07) is 12.8. The van der Waals surface area contributed by atoms with Crippen LogP contribution < -0.4 is 5.32 Å². The number of hydrogen-bond donors (Lipinski definition) is 2. The van der Waals surface area contributed by atoms with Crippen LogP contribution in [0.2, 0.25) is 5.02 Å². The number of nitrogens with one attached hydrogen (secondary N) is 1. The zero-order valence-corrected chi connectivity index (χ0v) is 15.4. The third-order valence-electron chi connectivity index (χ3n) is 4.51. The molecule has 136 valence electrons. The van der Waals surface area contributed by atoms with Crippen LogP contribution in [0.4, 0.5) is 10.1 Å². The molecule has 7 heteroatoms. The van der Waals surface area contributed by atoms with Gasteiger partial charge >= 0.3 is 5.97 Å². The van der Waals surface area contributed by atoms with E-state index in [0.717, 1.165) is 21.8 Å². The molecule has 0 unspecified atom stereocenters. The standard InChI is InChI=1S/C20H13ClFNO3S/c21-14-4-2-1-3-12(14)13-9-15(24)23-17-16(10-5-7-11(22)8-6-10)19(20(25)26)27-18(13)17/h1-8,13H,9H2,(H,23,24)(H,25,26)/t13-/m1/s1. The van der Waals surface area contributed by atoms with Crippen molar-refractivity contribution in [1.82, 2.24) is 0 Å². The topological polar surface area (TPSA) is 66.4 Å². The highest BCUT2D eigenvalue weighted by atomic mass is 35.5. The molecule has 0 spiro atoms. The van der Waals surface area contributed by atoms with E-state index in [9.17, 15) is 19.1 Å². The first-order chi connectivity index (χ1) is 13.0. The lowest BCUT2D eigenvalue weighted by molar-refractivity contribution is -0.116. The van der Waals surface area contributed by atoms with Gasteiger partial charge in [-0.3, -0.25) is 4.79 Å². The SMILES string of the molecule is O=C1C[C@H](c2ccccc2Cl)c2sc(C(=O)O)c(-c3ccc(F)cc3)c2N1. The molecule has 0 aliphatic carbocycles. The lowest BCUT2D eigenvalue weighted by Crippen LogP contribution is -2.22. The van der Waals surface area contributed by atoms with E-state index < -0.39 is 11.8 Å². The zero-order valence-electron chi connectivity index (χ0n) is 13.8. The molecule has 1 amide bonds. The van der Waals surface area contributed by atoms with Gasteiger partial charge in [0, 0.05) is 27.8 Å². The first-order valence-electron chi connectivity index (χ1n) is 8.16. The van der Waals surface area contributed by atoms with Gasteiger partial charge in [0.2, 0.25) is 5.91 Å². The fraction of sp³-hybridized carbons (Fsp3) is 0.100. The number of carbonyl (C=O) groups is 2. The van der Waals surface area contributed by atoms with E-state index in [2.05, 4.69) is 5.32 Å². The van der Waals surface area contributed by atoms with Gasteiger partial charge in [-0.2, -0.15) is 0 Å². The number of fused-ring (bicyclic) bond motifs is 1. The van der Waals surface area contributed by atoms with Crippen LogP contribution in [-0.4, -0.2) is 17.0 Å². The summed E-state index contributed by atoms with van der Waals surface area (Å²) >= 11 is 7.45. The molecule has 0 fully saturated rings. The molecule has 3 aromatic rings. The van der Waals surface area contributed by atoms with E-state index >= 15 is 0 Å². The highest BCUT2D eigenvalue weighted by molar-refractivity contribution is 7.15. The fourth-order valence-electron chi connectivity index (χ4n) is 3.34. The van der Waals surface area contributed by atoms with Gasteiger partial charge in [-0.1, -0.05) is 41.9 Å². The molecule has 0 radical (unpaired) electrons. The quantitative estimate of drug-likeness (QED) is 0.619. The van der Waals surface area contributed by atoms with Crippen molar-refractivity contribution >= 4 is 40.5 Å². The number of anilines is 1. The van der Waals surface area contributed by atoms with Gasteiger partial charge in [0.15, 0.2) is 0 Å². The Hall–Kier alpha value is -2.70. The third kappa shape index (κ3) is 3.11.